The summed E-state index contributed by atoms with van der Waals surface area (Å²) in [5.41, 5.74) is 1.92. The van der Waals surface area contributed by atoms with Gasteiger partial charge in [0, 0.05) is 18.5 Å². The summed E-state index contributed by atoms with van der Waals surface area (Å²) in [6.45, 7) is 1.28. The fraction of sp³-hybridized carbons (Fsp3) is 0.238. The SMILES string of the molecule is CN(C)CCn1cc(OC(=O)O)c(=O)c2cc(Cc3cccc(Cl)c3Cl)ccc21. The molecule has 0 fully saturated rings. The number of halogens is 2. The van der Waals surface area contributed by atoms with Crippen molar-refractivity contribution in [2.75, 3.05) is 20.6 Å². The normalized spacial score (nSPS) is 11.2. The van der Waals surface area contributed by atoms with E-state index >= 15 is 0 Å². The summed E-state index contributed by atoms with van der Waals surface area (Å²) in [7, 11) is 3.87. The smallest absolute Gasteiger partial charge is 0.449 e. The lowest BCUT2D eigenvalue weighted by Crippen LogP contribution is -2.21. The van der Waals surface area contributed by atoms with Gasteiger partial charge in [0.2, 0.25) is 5.43 Å². The third-order valence-electron chi connectivity index (χ3n) is 4.52. The number of rotatable bonds is 6. The van der Waals surface area contributed by atoms with Gasteiger partial charge in [0.25, 0.3) is 0 Å². The minimum absolute atomic E-state index is 0.221. The molecule has 0 saturated carbocycles. The molecule has 1 heterocycles. The second-order valence-electron chi connectivity index (χ2n) is 6.93. The van der Waals surface area contributed by atoms with Crippen molar-refractivity contribution < 1.29 is 14.6 Å². The third kappa shape index (κ3) is 4.90. The standard InChI is InChI=1S/C21H20Cl2N2O4/c1-24(2)8-9-25-12-18(29-21(27)28)20(26)15-11-13(6-7-17(15)25)10-14-4-3-5-16(22)19(14)23/h3-7,11-12H,8-10H2,1-2H3,(H,27,28). The zero-order chi connectivity index (χ0) is 21.1. The maximum absolute atomic E-state index is 12.8. The van der Waals surface area contributed by atoms with E-state index in [9.17, 15) is 9.59 Å². The van der Waals surface area contributed by atoms with Crippen LogP contribution in [0.5, 0.6) is 5.75 Å². The highest BCUT2D eigenvalue weighted by atomic mass is 35.5. The molecule has 2 aromatic carbocycles. The van der Waals surface area contributed by atoms with Gasteiger partial charge in [-0.25, -0.2) is 4.79 Å². The van der Waals surface area contributed by atoms with Gasteiger partial charge in [0.1, 0.15) is 0 Å². The average molecular weight is 435 g/mol. The van der Waals surface area contributed by atoms with Crippen molar-refractivity contribution in [3.63, 3.8) is 0 Å². The van der Waals surface area contributed by atoms with Gasteiger partial charge in [-0.05, 0) is 49.8 Å². The molecule has 1 aromatic heterocycles. The van der Waals surface area contributed by atoms with Crippen molar-refractivity contribution in [2.45, 2.75) is 13.0 Å². The molecule has 3 aromatic rings. The fourth-order valence-electron chi connectivity index (χ4n) is 3.09. The Hall–Kier alpha value is -2.54. The van der Waals surface area contributed by atoms with Crippen molar-refractivity contribution in [2.24, 2.45) is 0 Å². The van der Waals surface area contributed by atoms with E-state index in [1.54, 1.807) is 12.1 Å². The van der Waals surface area contributed by atoms with Crippen molar-refractivity contribution in [3.05, 3.63) is 74.0 Å². The topological polar surface area (TPSA) is 71.8 Å². The number of likely N-dealkylation sites (N-methyl/N-ethyl adjacent to an activating group) is 1. The molecule has 0 unspecified atom stereocenters. The number of benzene rings is 2. The predicted molar refractivity (Wildman–Crippen MR) is 115 cm³/mol. The Morgan fingerprint density at radius 3 is 2.66 bits per heavy atom. The first kappa shape index (κ1) is 21.2. The van der Waals surface area contributed by atoms with Crippen LogP contribution in [0.3, 0.4) is 0 Å². The molecule has 1 N–H and O–H groups in total. The van der Waals surface area contributed by atoms with Crippen molar-refractivity contribution in [1.29, 1.82) is 0 Å². The molecular formula is C21H20Cl2N2O4. The van der Waals surface area contributed by atoms with Crippen molar-refractivity contribution >= 4 is 40.3 Å². The summed E-state index contributed by atoms with van der Waals surface area (Å²) >= 11 is 12.4. The van der Waals surface area contributed by atoms with Crippen LogP contribution in [0.1, 0.15) is 11.1 Å². The number of nitrogens with zero attached hydrogens (tertiary/aromatic N) is 2. The Morgan fingerprint density at radius 1 is 1.21 bits per heavy atom. The molecule has 0 spiro atoms. The molecule has 0 bridgehead atoms. The van der Waals surface area contributed by atoms with Crippen LogP contribution in [0.2, 0.25) is 10.0 Å². The minimum Gasteiger partial charge on any atom is -0.449 e. The third-order valence-corrected chi connectivity index (χ3v) is 5.38. The molecule has 152 valence electrons. The molecule has 6 nitrogen and oxygen atoms in total. The van der Waals surface area contributed by atoms with E-state index in [0.717, 1.165) is 11.1 Å². The largest absolute Gasteiger partial charge is 0.511 e. The van der Waals surface area contributed by atoms with Gasteiger partial charge < -0.3 is 19.3 Å². The molecule has 0 saturated heterocycles. The van der Waals surface area contributed by atoms with Crippen LogP contribution in [-0.2, 0) is 13.0 Å². The fourth-order valence-corrected chi connectivity index (χ4v) is 3.48. The highest BCUT2D eigenvalue weighted by Crippen LogP contribution is 2.28. The number of ether oxygens (including phenoxy) is 1. The molecular weight excluding hydrogens is 415 g/mol. The molecule has 8 heteroatoms. The molecule has 0 aliphatic carbocycles. The van der Waals surface area contributed by atoms with Gasteiger partial charge in [-0.15, -0.1) is 0 Å². The van der Waals surface area contributed by atoms with E-state index in [-0.39, 0.29) is 5.75 Å². The molecule has 3 rings (SSSR count). The van der Waals surface area contributed by atoms with Crippen LogP contribution in [0.4, 0.5) is 4.79 Å². The highest BCUT2D eigenvalue weighted by molar-refractivity contribution is 6.42. The summed E-state index contributed by atoms with van der Waals surface area (Å²) in [6, 6.07) is 10.9. The Morgan fingerprint density at radius 2 is 1.97 bits per heavy atom. The van der Waals surface area contributed by atoms with E-state index in [4.69, 9.17) is 33.0 Å². The lowest BCUT2D eigenvalue weighted by atomic mass is 10.0. The Kier molecular flexibility index (Phi) is 6.47. The van der Waals surface area contributed by atoms with Crippen LogP contribution >= 0.6 is 23.2 Å². The van der Waals surface area contributed by atoms with E-state index in [1.807, 2.05) is 47.8 Å². The first-order valence-electron chi connectivity index (χ1n) is 8.90. The second kappa shape index (κ2) is 8.86. The number of hydrogen-bond acceptors (Lipinski definition) is 4. The van der Waals surface area contributed by atoms with Gasteiger partial charge in [0.05, 0.1) is 21.8 Å². The highest BCUT2D eigenvalue weighted by Gasteiger charge is 2.14. The minimum atomic E-state index is -1.53. The monoisotopic (exact) mass is 434 g/mol. The van der Waals surface area contributed by atoms with Crippen molar-refractivity contribution in [1.82, 2.24) is 9.47 Å². The molecule has 0 atom stereocenters. The van der Waals surface area contributed by atoms with E-state index in [2.05, 4.69) is 0 Å². The molecule has 0 amide bonds. The molecule has 0 aliphatic heterocycles. The molecule has 29 heavy (non-hydrogen) atoms. The van der Waals surface area contributed by atoms with Crippen LogP contribution in [-0.4, -0.2) is 41.4 Å². The summed E-state index contributed by atoms with van der Waals surface area (Å²) in [4.78, 5) is 25.8. The van der Waals surface area contributed by atoms with Gasteiger partial charge in [-0.1, -0.05) is 41.4 Å². The number of carbonyl (C=O) groups is 1. The number of fused-ring (bicyclic) bond motifs is 1. The number of pyridine rings is 1. The summed E-state index contributed by atoms with van der Waals surface area (Å²) in [5, 5.41) is 10.3. The number of aromatic nitrogens is 1. The lowest BCUT2D eigenvalue weighted by Gasteiger charge is -2.16. The van der Waals surface area contributed by atoms with Gasteiger partial charge in [-0.3, -0.25) is 4.79 Å². The van der Waals surface area contributed by atoms with Gasteiger partial charge >= 0.3 is 6.16 Å². The number of hydrogen-bond donors (Lipinski definition) is 1. The van der Waals surface area contributed by atoms with Gasteiger partial charge in [0.15, 0.2) is 5.75 Å². The van der Waals surface area contributed by atoms with Crippen LogP contribution in [0, 0.1) is 0 Å². The van der Waals surface area contributed by atoms with E-state index < -0.39 is 11.6 Å². The van der Waals surface area contributed by atoms with E-state index in [1.165, 1.54) is 6.20 Å². The Balaban J connectivity index is 2.09. The van der Waals surface area contributed by atoms with Crippen LogP contribution in [0.15, 0.2) is 47.4 Å². The zero-order valence-corrected chi connectivity index (χ0v) is 17.5. The van der Waals surface area contributed by atoms with Crippen LogP contribution in [0.25, 0.3) is 10.9 Å². The summed E-state index contributed by atoms with van der Waals surface area (Å²) in [5.74, 6) is -0.221. The summed E-state index contributed by atoms with van der Waals surface area (Å²) in [6.07, 6.45) is 0.397. The second-order valence-corrected chi connectivity index (χ2v) is 7.71. The van der Waals surface area contributed by atoms with Crippen molar-refractivity contribution in [3.8, 4) is 5.75 Å². The quantitative estimate of drug-likeness (QED) is 0.577. The Bertz CT molecular complexity index is 1130. The maximum Gasteiger partial charge on any atom is 0.511 e. The zero-order valence-electron chi connectivity index (χ0n) is 16.0. The van der Waals surface area contributed by atoms with Crippen LogP contribution < -0.4 is 10.2 Å². The maximum atomic E-state index is 12.8. The number of carboxylic acid groups (broad SMARTS) is 1. The lowest BCUT2D eigenvalue weighted by molar-refractivity contribution is 0.143. The molecule has 0 radical (unpaired) electrons. The van der Waals surface area contributed by atoms with Gasteiger partial charge in [-0.2, -0.15) is 0 Å². The molecule has 0 aliphatic rings. The first-order valence-corrected chi connectivity index (χ1v) is 9.66. The predicted octanol–water partition coefficient (Wildman–Crippen LogP) is 4.52. The van der Waals surface area contributed by atoms with E-state index in [0.29, 0.717) is 40.5 Å². The first-order chi connectivity index (χ1) is 13.8. The Labute approximate surface area is 177 Å². The average Bonchev–Trinajstić information content (AvgIpc) is 2.66. The summed E-state index contributed by atoms with van der Waals surface area (Å²) < 4.78 is 6.55.